The standard InChI is InChI=1S/C25H21NO/c26-18-19-12-14-22(15-13-19)27-16-6-5-11-25-23-9-3-1-7-20(23)17-21-8-2-4-10-24(21)25/h1-4,7-10,12-15,17H,5-6,11,16H2. The maximum atomic E-state index is 8.84. The smallest absolute Gasteiger partial charge is 0.119 e. The summed E-state index contributed by atoms with van der Waals surface area (Å²) in [6.07, 6.45) is 3.12. The highest BCUT2D eigenvalue weighted by atomic mass is 16.5. The minimum atomic E-state index is 0.658. The molecule has 132 valence electrons. The predicted molar refractivity (Wildman–Crippen MR) is 111 cm³/mol. The van der Waals surface area contributed by atoms with Crippen molar-refractivity contribution < 1.29 is 4.74 Å². The lowest BCUT2D eigenvalue weighted by Gasteiger charge is -2.12. The van der Waals surface area contributed by atoms with E-state index < -0.39 is 0 Å². The minimum absolute atomic E-state index is 0.658. The first kappa shape index (κ1) is 17.1. The van der Waals surface area contributed by atoms with E-state index in [2.05, 4.69) is 60.7 Å². The average molecular weight is 351 g/mol. The molecule has 0 spiro atoms. The van der Waals surface area contributed by atoms with Gasteiger partial charge in [-0.2, -0.15) is 5.26 Å². The third-order valence-electron chi connectivity index (χ3n) is 4.96. The highest BCUT2D eigenvalue weighted by Gasteiger charge is 2.07. The molecule has 0 heterocycles. The molecule has 0 aliphatic heterocycles. The largest absolute Gasteiger partial charge is 0.494 e. The van der Waals surface area contributed by atoms with Gasteiger partial charge in [0.25, 0.3) is 0 Å². The molecule has 0 aliphatic rings. The maximum Gasteiger partial charge on any atom is 0.119 e. The molecule has 0 unspecified atom stereocenters. The number of unbranched alkanes of at least 4 members (excludes halogenated alkanes) is 1. The molecule has 2 nitrogen and oxygen atoms in total. The molecule has 0 saturated heterocycles. The second-order valence-electron chi connectivity index (χ2n) is 6.74. The first-order valence-corrected chi connectivity index (χ1v) is 9.37. The van der Waals surface area contributed by atoms with Crippen molar-refractivity contribution in [2.75, 3.05) is 6.61 Å². The Hall–Kier alpha value is -3.31. The summed E-state index contributed by atoms with van der Waals surface area (Å²) in [5.74, 6) is 0.824. The Morgan fingerprint density at radius 3 is 2.00 bits per heavy atom. The fraction of sp³-hybridized carbons (Fsp3) is 0.160. The summed E-state index contributed by atoms with van der Waals surface area (Å²) >= 11 is 0. The van der Waals surface area contributed by atoms with E-state index in [1.807, 2.05) is 12.1 Å². The van der Waals surface area contributed by atoms with Crippen molar-refractivity contribution in [2.45, 2.75) is 19.3 Å². The van der Waals surface area contributed by atoms with E-state index in [0.29, 0.717) is 12.2 Å². The number of hydrogen-bond acceptors (Lipinski definition) is 2. The van der Waals surface area contributed by atoms with Gasteiger partial charge in [0, 0.05) is 0 Å². The Labute approximate surface area is 159 Å². The summed E-state index contributed by atoms with van der Waals surface area (Å²) in [5.41, 5.74) is 2.09. The Balaban J connectivity index is 1.44. The first-order chi connectivity index (χ1) is 13.3. The van der Waals surface area contributed by atoms with Crippen molar-refractivity contribution in [1.82, 2.24) is 0 Å². The average Bonchev–Trinajstić information content (AvgIpc) is 2.73. The van der Waals surface area contributed by atoms with E-state index >= 15 is 0 Å². The van der Waals surface area contributed by atoms with Crippen LogP contribution in [0, 0.1) is 11.3 Å². The summed E-state index contributed by atoms with van der Waals surface area (Å²) in [6.45, 7) is 0.689. The van der Waals surface area contributed by atoms with Gasteiger partial charge in [0.05, 0.1) is 18.2 Å². The quantitative estimate of drug-likeness (QED) is 0.303. The number of rotatable bonds is 6. The minimum Gasteiger partial charge on any atom is -0.494 e. The van der Waals surface area contributed by atoms with Crippen LogP contribution < -0.4 is 4.74 Å². The molecule has 0 bridgehead atoms. The van der Waals surface area contributed by atoms with E-state index in [9.17, 15) is 0 Å². The monoisotopic (exact) mass is 351 g/mol. The Kier molecular flexibility index (Phi) is 5.03. The summed E-state index contributed by atoms with van der Waals surface area (Å²) in [4.78, 5) is 0. The molecule has 4 aromatic carbocycles. The van der Waals surface area contributed by atoms with E-state index in [1.54, 1.807) is 12.1 Å². The van der Waals surface area contributed by atoms with Crippen molar-refractivity contribution in [3.05, 3.63) is 90.0 Å². The zero-order valence-corrected chi connectivity index (χ0v) is 15.2. The van der Waals surface area contributed by atoms with Crippen LogP contribution >= 0.6 is 0 Å². The molecule has 0 aromatic heterocycles. The first-order valence-electron chi connectivity index (χ1n) is 9.37. The molecule has 0 aliphatic carbocycles. The highest BCUT2D eigenvalue weighted by molar-refractivity contribution is 6.02. The Morgan fingerprint density at radius 1 is 0.741 bits per heavy atom. The number of ether oxygens (including phenoxy) is 1. The normalized spacial score (nSPS) is 10.8. The molecule has 0 radical (unpaired) electrons. The van der Waals surface area contributed by atoms with Gasteiger partial charge in [-0.15, -0.1) is 0 Å². The van der Waals surface area contributed by atoms with Crippen LogP contribution in [0.25, 0.3) is 21.5 Å². The Morgan fingerprint density at radius 2 is 1.37 bits per heavy atom. The SMILES string of the molecule is N#Cc1ccc(OCCCCc2c3ccccc3cc3ccccc23)cc1. The second kappa shape index (κ2) is 7.93. The molecule has 0 fully saturated rings. The van der Waals surface area contributed by atoms with Crippen LogP contribution in [-0.2, 0) is 6.42 Å². The van der Waals surface area contributed by atoms with Crippen LogP contribution in [0.5, 0.6) is 5.75 Å². The van der Waals surface area contributed by atoms with Gasteiger partial charge in [0.15, 0.2) is 0 Å². The van der Waals surface area contributed by atoms with Crippen LogP contribution in [-0.4, -0.2) is 6.61 Å². The van der Waals surface area contributed by atoms with Crippen LogP contribution in [0.2, 0.25) is 0 Å². The molecule has 4 rings (SSSR count). The molecule has 2 heteroatoms. The van der Waals surface area contributed by atoms with E-state index in [-0.39, 0.29) is 0 Å². The summed E-state index contributed by atoms with van der Waals surface area (Å²) in [7, 11) is 0. The maximum absolute atomic E-state index is 8.84. The van der Waals surface area contributed by atoms with Crippen molar-refractivity contribution >= 4 is 21.5 Å². The van der Waals surface area contributed by atoms with E-state index in [4.69, 9.17) is 10.00 Å². The molecule has 27 heavy (non-hydrogen) atoms. The van der Waals surface area contributed by atoms with Crippen molar-refractivity contribution in [3.63, 3.8) is 0 Å². The van der Waals surface area contributed by atoms with E-state index in [0.717, 1.165) is 25.0 Å². The van der Waals surface area contributed by atoms with E-state index in [1.165, 1.54) is 27.1 Å². The van der Waals surface area contributed by atoms with Gasteiger partial charge in [-0.3, -0.25) is 0 Å². The van der Waals surface area contributed by atoms with Gasteiger partial charge in [-0.1, -0.05) is 48.5 Å². The summed E-state index contributed by atoms with van der Waals surface area (Å²) in [6, 6.07) is 29.0. The summed E-state index contributed by atoms with van der Waals surface area (Å²) in [5, 5.41) is 14.2. The highest BCUT2D eigenvalue weighted by Crippen LogP contribution is 2.29. The third-order valence-corrected chi connectivity index (χ3v) is 4.96. The van der Waals surface area contributed by atoms with Gasteiger partial charge < -0.3 is 4.74 Å². The van der Waals surface area contributed by atoms with Crippen LogP contribution in [0.4, 0.5) is 0 Å². The lowest BCUT2D eigenvalue weighted by atomic mass is 9.93. The van der Waals surface area contributed by atoms with Gasteiger partial charge in [0.1, 0.15) is 5.75 Å². The fourth-order valence-corrected chi connectivity index (χ4v) is 3.60. The Bertz CT molecular complexity index is 1050. The van der Waals surface area contributed by atoms with Crippen LogP contribution in [0.3, 0.4) is 0 Å². The van der Waals surface area contributed by atoms with Gasteiger partial charge >= 0.3 is 0 Å². The third kappa shape index (κ3) is 3.78. The topological polar surface area (TPSA) is 33.0 Å². The lowest BCUT2D eigenvalue weighted by molar-refractivity contribution is 0.307. The van der Waals surface area contributed by atoms with Gasteiger partial charge in [-0.05, 0) is 76.7 Å². The molecular formula is C25H21NO. The van der Waals surface area contributed by atoms with Crippen molar-refractivity contribution in [1.29, 1.82) is 5.26 Å². The molecular weight excluding hydrogens is 330 g/mol. The summed E-state index contributed by atoms with van der Waals surface area (Å²) < 4.78 is 5.81. The molecule has 0 atom stereocenters. The fourth-order valence-electron chi connectivity index (χ4n) is 3.60. The number of nitrogens with zero attached hydrogens (tertiary/aromatic N) is 1. The molecule has 0 saturated carbocycles. The second-order valence-corrected chi connectivity index (χ2v) is 6.74. The van der Waals surface area contributed by atoms with Crippen LogP contribution in [0.1, 0.15) is 24.0 Å². The van der Waals surface area contributed by atoms with Gasteiger partial charge in [-0.25, -0.2) is 0 Å². The zero-order chi connectivity index (χ0) is 18.5. The predicted octanol–water partition coefficient (Wildman–Crippen LogP) is 6.27. The number of hydrogen-bond donors (Lipinski definition) is 0. The number of aryl methyl sites for hydroxylation is 1. The lowest BCUT2D eigenvalue weighted by Crippen LogP contribution is -1.99. The molecule has 0 N–H and O–H groups in total. The number of fused-ring (bicyclic) bond motifs is 2. The molecule has 0 amide bonds. The number of benzene rings is 4. The number of nitriles is 1. The van der Waals surface area contributed by atoms with Gasteiger partial charge in [0.2, 0.25) is 0 Å². The van der Waals surface area contributed by atoms with Crippen LogP contribution in [0.15, 0.2) is 78.9 Å². The molecule has 4 aromatic rings. The van der Waals surface area contributed by atoms with Crippen molar-refractivity contribution in [2.24, 2.45) is 0 Å². The van der Waals surface area contributed by atoms with Crippen molar-refractivity contribution in [3.8, 4) is 11.8 Å². The zero-order valence-electron chi connectivity index (χ0n) is 15.2.